The molecule has 0 saturated heterocycles. The van der Waals surface area contributed by atoms with Gasteiger partial charge in [-0.2, -0.15) is 0 Å². The van der Waals surface area contributed by atoms with Crippen molar-refractivity contribution in [3.8, 4) is 0 Å². The lowest BCUT2D eigenvalue weighted by Crippen LogP contribution is -2.13. The molecule has 66 valence electrons. The van der Waals surface area contributed by atoms with E-state index in [2.05, 4.69) is 0 Å². The maximum Gasteiger partial charge on any atom is 0.105 e. The first-order chi connectivity index (χ1) is 5.09. The van der Waals surface area contributed by atoms with Crippen LogP contribution in [-0.4, -0.2) is 12.3 Å². The maximum absolute atomic E-state index is 13.0. The number of hydrogen-bond donors (Lipinski definition) is 0. The molecule has 0 aromatic rings. The fourth-order valence-electron chi connectivity index (χ4n) is 1.89. The average molecular weight is 162 g/mol. The Morgan fingerprint density at radius 2 is 1.64 bits per heavy atom. The minimum atomic E-state index is -0.921. The number of hydrogen-bond acceptors (Lipinski definition) is 0. The van der Waals surface area contributed by atoms with Gasteiger partial charge in [0.2, 0.25) is 0 Å². The van der Waals surface area contributed by atoms with Crippen LogP contribution in [0.5, 0.6) is 0 Å². The molecule has 0 spiro atoms. The summed E-state index contributed by atoms with van der Waals surface area (Å²) in [6.45, 7) is 3.88. The van der Waals surface area contributed by atoms with E-state index < -0.39 is 12.3 Å². The van der Waals surface area contributed by atoms with Crippen LogP contribution in [0.3, 0.4) is 0 Å². The van der Waals surface area contributed by atoms with Gasteiger partial charge in [0.15, 0.2) is 0 Å². The summed E-state index contributed by atoms with van der Waals surface area (Å²) in [6, 6.07) is 0. The van der Waals surface area contributed by atoms with Crippen LogP contribution in [0, 0.1) is 11.8 Å². The van der Waals surface area contributed by atoms with Crippen molar-refractivity contribution < 1.29 is 8.78 Å². The average Bonchev–Trinajstić information content (AvgIpc) is 1.93. The highest BCUT2D eigenvalue weighted by Gasteiger charge is 2.28. The third-order valence-electron chi connectivity index (χ3n) is 2.53. The van der Waals surface area contributed by atoms with E-state index in [1.165, 1.54) is 0 Å². The smallest absolute Gasteiger partial charge is 0.105 e. The van der Waals surface area contributed by atoms with Crippen molar-refractivity contribution in [1.82, 2.24) is 0 Å². The largest absolute Gasteiger partial charge is 0.247 e. The Morgan fingerprint density at radius 3 is 2.27 bits per heavy atom. The van der Waals surface area contributed by atoms with Gasteiger partial charge >= 0.3 is 0 Å². The van der Waals surface area contributed by atoms with Gasteiger partial charge in [-0.3, -0.25) is 0 Å². The van der Waals surface area contributed by atoms with Gasteiger partial charge in [-0.1, -0.05) is 13.8 Å². The lowest BCUT2D eigenvalue weighted by molar-refractivity contribution is 0.186. The highest BCUT2D eigenvalue weighted by atomic mass is 19.1. The third kappa shape index (κ3) is 2.42. The van der Waals surface area contributed by atoms with Gasteiger partial charge in [-0.05, 0) is 24.7 Å². The Balaban J connectivity index is 2.51. The Labute approximate surface area is 67.0 Å². The van der Waals surface area contributed by atoms with Gasteiger partial charge in [-0.25, -0.2) is 8.78 Å². The molecule has 1 aliphatic carbocycles. The molecule has 0 aromatic carbocycles. The second-order valence-electron chi connectivity index (χ2n) is 3.90. The van der Waals surface area contributed by atoms with E-state index in [0.717, 1.165) is 6.42 Å². The molecule has 0 heterocycles. The monoisotopic (exact) mass is 162 g/mol. The second kappa shape index (κ2) is 3.51. The summed E-state index contributed by atoms with van der Waals surface area (Å²) in [4.78, 5) is 0. The molecule has 4 atom stereocenters. The lowest BCUT2D eigenvalue weighted by atomic mass is 9.95. The molecule has 0 amide bonds. The quantitative estimate of drug-likeness (QED) is 0.480. The molecule has 1 aliphatic rings. The van der Waals surface area contributed by atoms with Gasteiger partial charge in [0, 0.05) is 6.42 Å². The van der Waals surface area contributed by atoms with Gasteiger partial charge in [0.05, 0.1) is 0 Å². The van der Waals surface area contributed by atoms with Crippen LogP contribution in [0.25, 0.3) is 0 Å². The zero-order valence-corrected chi connectivity index (χ0v) is 7.19. The van der Waals surface area contributed by atoms with Crippen molar-refractivity contribution in [3.05, 3.63) is 0 Å². The molecule has 0 aliphatic heterocycles. The molecule has 11 heavy (non-hydrogen) atoms. The summed E-state index contributed by atoms with van der Waals surface area (Å²) < 4.78 is 25.9. The topological polar surface area (TPSA) is 0 Å². The maximum atomic E-state index is 13.0. The van der Waals surface area contributed by atoms with Gasteiger partial charge in [0.1, 0.15) is 12.3 Å². The molecule has 1 saturated carbocycles. The van der Waals surface area contributed by atoms with E-state index in [9.17, 15) is 8.78 Å². The molecule has 0 radical (unpaired) electrons. The first kappa shape index (κ1) is 8.95. The summed E-state index contributed by atoms with van der Waals surface area (Å²) in [7, 11) is 0. The number of rotatable bonds is 0. The van der Waals surface area contributed by atoms with Crippen LogP contribution in [-0.2, 0) is 0 Å². The van der Waals surface area contributed by atoms with Crippen molar-refractivity contribution in [3.63, 3.8) is 0 Å². The van der Waals surface area contributed by atoms with E-state index in [4.69, 9.17) is 0 Å². The Kier molecular flexibility index (Phi) is 2.85. The normalized spacial score (nSPS) is 46.9. The molecule has 0 nitrogen and oxygen atoms in total. The second-order valence-corrected chi connectivity index (χ2v) is 3.90. The standard InChI is InChI=1S/C9H16F2/c1-6-3-7(2)9(11)5-8(10)4-6/h6-9H,3-5H2,1-2H3. The SMILES string of the molecule is CC1CC(F)CC(F)C(C)C1. The zero-order chi connectivity index (χ0) is 8.43. The number of halogens is 2. The van der Waals surface area contributed by atoms with Crippen LogP contribution in [0.4, 0.5) is 8.78 Å². The van der Waals surface area contributed by atoms with Crippen molar-refractivity contribution in [2.45, 2.75) is 45.5 Å². The van der Waals surface area contributed by atoms with Crippen LogP contribution < -0.4 is 0 Å². The molecular weight excluding hydrogens is 146 g/mol. The molecule has 0 N–H and O–H groups in total. The lowest BCUT2D eigenvalue weighted by Gasteiger charge is -2.13. The van der Waals surface area contributed by atoms with Crippen molar-refractivity contribution in [1.29, 1.82) is 0 Å². The third-order valence-corrected chi connectivity index (χ3v) is 2.53. The number of alkyl halides is 2. The molecular formula is C9H16F2. The van der Waals surface area contributed by atoms with Crippen molar-refractivity contribution in [2.24, 2.45) is 11.8 Å². The molecule has 2 heteroatoms. The van der Waals surface area contributed by atoms with Crippen LogP contribution in [0.1, 0.15) is 33.1 Å². The summed E-state index contributed by atoms with van der Waals surface area (Å²) in [5.74, 6) is 0.395. The van der Waals surface area contributed by atoms with E-state index in [0.29, 0.717) is 12.3 Å². The zero-order valence-electron chi connectivity index (χ0n) is 7.19. The summed E-state index contributed by atoms with van der Waals surface area (Å²) >= 11 is 0. The van der Waals surface area contributed by atoms with Gasteiger partial charge in [0.25, 0.3) is 0 Å². The summed E-state index contributed by atoms with van der Waals surface area (Å²) in [5, 5.41) is 0. The van der Waals surface area contributed by atoms with Crippen LogP contribution >= 0.6 is 0 Å². The highest BCUT2D eigenvalue weighted by Crippen LogP contribution is 2.30. The molecule has 0 bridgehead atoms. The fraction of sp³-hybridized carbons (Fsp3) is 1.00. The Morgan fingerprint density at radius 1 is 1.00 bits per heavy atom. The minimum absolute atomic E-state index is 0.0470. The van der Waals surface area contributed by atoms with E-state index in [-0.39, 0.29) is 12.3 Å². The molecule has 1 fully saturated rings. The van der Waals surface area contributed by atoms with Gasteiger partial charge < -0.3 is 0 Å². The first-order valence-electron chi connectivity index (χ1n) is 4.37. The van der Waals surface area contributed by atoms with Crippen molar-refractivity contribution >= 4 is 0 Å². The van der Waals surface area contributed by atoms with Crippen LogP contribution in [0.15, 0.2) is 0 Å². The van der Waals surface area contributed by atoms with Crippen LogP contribution in [0.2, 0.25) is 0 Å². The van der Waals surface area contributed by atoms with E-state index in [1.807, 2.05) is 13.8 Å². The predicted molar refractivity (Wildman–Crippen MR) is 42.0 cm³/mol. The molecule has 4 unspecified atom stereocenters. The van der Waals surface area contributed by atoms with E-state index >= 15 is 0 Å². The fourth-order valence-corrected chi connectivity index (χ4v) is 1.89. The molecule has 1 rings (SSSR count). The predicted octanol–water partition coefficient (Wildman–Crippen LogP) is 3.12. The summed E-state index contributed by atoms with van der Waals surface area (Å²) in [6.07, 6.45) is -0.336. The van der Waals surface area contributed by atoms with E-state index in [1.54, 1.807) is 0 Å². The minimum Gasteiger partial charge on any atom is -0.247 e. The molecule has 0 aromatic heterocycles. The summed E-state index contributed by atoms with van der Waals surface area (Å²) in [5.41, 5.74) is 0. The Hall–Kier alpha value is -0.140. The Bertz CT molecular complexity index is 111. The van der Waals surface area contributed by atoms with Crippen molar-refractivity contribution in [2.75, 3.05) is 0 Å². The van der Waals surface area contributed by atoms with Gasteiger partial charge in [-0.15, -0.1) is 0 Å². The first-order valence-corrected chi connectivity index (χ1v) is 4.37. The highest BCUT2D eigenvalue weighted by molar-refractivity contribution is 4.78.